The number of rotatable bonds is 2. The van der Waals surface area contributed by atoms with Crippen LogP contribution in [0.2, 0.25) is 0 Å². The third-order valence-corrected chi connectivity index (χ3v) is 4.30. The van der Waals surface area contributed by atoms with Gasteiger partial charge in [-0.15, -0.1) is 0 Å². The Morgan fingerprint density at radius 1 is 1.12 bits per heavy atom. The fourth-order valence-electron chi connectivity index (χ4n) is 3.18. The molecule has 0 heterocycles. The summed E-state index contributed by atoms with van der Waals surface area (Å²) in [6, 6.07) is 6.28. The van der Waals surface area contributed by atoms with E-state index >= 15 is 0 Å². The van der Waals surface area contributed by atoms with E-state index in [1.54, 1.807) is 12.1 Å². The van der Waals surface area contributed by atoms with Gasteiger partial charge in [-0.05, 0) is 13.3 Å². The molecule has 1 unspecified atom stereocenters. The Labute approximate surface area is 137 Å². The van der Waals surface area contributed by atoms with Gasteiger partial charge in [-0.2, -0.15) is 0 Å². The highest BCUT2D eigenvalue weighted by atomic mass is 16.5. The zero-order valence-electron chi connectivity index (χ0n) is 13.1. The van der Waals surface area contributed by atoms with Crippen LogP contribution < -0.4 is 0 Å². The van der Waals surface area contributed by atoms with Gasteiger partial charge in [0.25, 0.3) is 0 Å². The maximum absolute atomic E-state index is 12.8. The Balaban J connectivity index is 2.26. The lowest BCUT2D eigenvalue weighted by Crippen LogP contribution is -2.33. The highest BCUT2D eigenvalue weighted by molar-refractivity contribution is 6.31. The number of aliphatic hydroxyl groups excluding tert-OH is 1. The molecule has 0 aromatic heterocycles. The predicted molar refractivity (Wildman–Crippen MR) is 82.6 cm³/mol. The number of esters is 1. The number of fused-ring (bicyclic) bond motifs is 1. The van der Waals surface area contributed by atoms with Crippen LogP contribution in [0.3, 0.4) is 0 Å². The number of Topliss-reactive ketones (excluding diaryl/α,β-unsaturated/α-hetero) is 3. The van der Waals surface area contributed by atoms with Crippen molar-refractivity contribution in [3.8, 4) is 0 Å². The minimum absolute atomic E-state index is 0.0668. The van der Waals surface area contributed by atoms with Crippen molar-refractivity contribution >= 4 is 23.3 Å². The number of carbonyl (C=O) groups is 4. The number of aliphatic hydroxyl groups is 1. The SMILES string of the molecule is COC(=O)C1CC2=C(C(=O)c3ccccc3C2=O)C(C(C)=O)=C1O. The third-order valence-electron chi connectivity index (χ3n) is 4.30. The minimum Gasteiger partial charge on any atom is -0.511 e. The van der Waals surface area contributed by atoms with Crippen LogP contribution in [0, 0.1) is 5.92 Å². The van der Waals surface area contributed by atoms with E-state index in [1.807, 2.05) is 0 Å². The summed E-state index contributed by atoms with van der Waals surface area (Å²) >= 11 is 0. The molecule has 0 saturated carbocycles. The van der Waals surface area contributed by atoms with Gasteiger partial charge in [0.05, 0.1) is 12.7 Å². The van der Waals surface area contributed by atoms with Crippen molar-refractivity contribution < 1.29 is 29.0 Å². The molecule has 0 saturated heterocycles. The standard InChI is InChI=1S/C18H14O6/c1-8(19)13-14-11(7-12(17(13)22)18(23)24-2)15(20)9-5-3-4-6-10(9)16(14)21/h3-6,12,22H,7H2,1-2H3. The molecule has 1 N–H and O–H groups in total. The summed E-state index contributed by atoms with van der Waals surface area (Å²) in [4.78, 5) is 49.5. The molecular formula is C18H14O6. The highest BCUT2D eigenvalue weighted by Crippen LogP contribution is 2.41. The first kappa shape index (κ1) is 15.9. The second-order valence-electron chi connectivity index (χ2n) is 5.65. The lowest BCUT2D eigenvalue weighted by atomic mass is 9.72. The van der Waals surface area contributed by atoms with E-state index in [0.29, 0.717) is 0 Å². The van der Waals surface area contributed by atoms with E-state index in [0.717, 1.165) is 7.11 Å². The second-order valence-corrected chi connectivity index (χ2v) is 5.65. The van der Waals surface area contributed by atoms with Crippen molar-refractivity contribution in [3.63, 3.8) is 0 Å². The van der Waals surface area contributed by atoms with E-state index in [9.17, 15) is 24.3 Å². The van der Waals surface area contributed by atoms with Gasteiger partial charge < -0.3 is 9.84 Å². The number of hydrogen-bond donors (Lipinski definition) is 1. The maximum atomic E-state index is 12.8. The molecular weight excluding hydrogens is 312 g/mol. The molecule has 6 nitrogen and oxygen atoms in total. The molecule has 0 amide bonds. The van der Waals surface area contributed by atoms with Crippen LogP contribution in [-0.4, -0.2) is 35.5 Å². The molecule has 3 rings (SSSR count). The number of ether oxygens (including phenoxy) is 1. The molecule has 0 radical (unpaired) electrons. The number of carbonyl (C=O) groups excluding carboxylic acids is 4. The van der Waals surface area contributed by atoms with Crippen LogP contribution in [0.1, 0.15) is 34.1 Å². The summed E-state index contributed by atoms with van der Waals surface area (Å²) in [7, 11) is 1.15. The largest absolute Gasteiger partial charge is 0.511 e. The van der Waals surface area contributed by atoms with E-state index in [4.69, 9.17) is 0 Å². The Kier molecular flexibility index (Phi) is 3.67. The molecule has 1 aromatic carbocycles. The fraction of sp³-hybridized carbons (Fsp3) is 0.222. The van der Waals surface area contributed by atoms with Gasteiger partial charge in [0.15, 0.2) is 17.3 Å². The maximum Gasteiger partial charge on any atom is 0.316 e. The lowest BCUT2D eigenvalue weighted by Gasteiger charge is -2.29. The van der Waals surface area contributed by atoms with Crippen molar-refractivity contribution in [3.05, 3.63) is 57.9 Å². The summed E-state index contributed by atoms with van der Waals surface area (Å²) in [5.74, 6) is -3.96. The van der Waals surface area contributed by atoms with Crippen molar-refractivity contribution in [2.75, 3.05) is 7.11 Å². The number of methoxy groups -OCH3 is 1. The molecule has 24 heavy (non-hydrogen) atoms. The molecule has 0 fully saturated rings. The summed E-state index contributed by atoms with van der Waals surface area (Å²) in [6.07, 6.45) is -0.177. The van der Waals surface area contributed by atoms with Crippen LogP contribution in [0.5, 0.6) is 0 Å². The zero-order chi connectivity index (χ0) is 17.6. The lowest BCUT2D eigenvalue weighted by molar-refractivity contribution is -0.145. The summed E-state index contributed by atoms with van der Waals surface area (Å²) in [5.41, 5.74) is 0.0962. The molecule has 0 bridgehead atoms. The van der Waals surface area contributed by atoms with Gasteiger partial charge in [0.2, 0.25) is 0 Å². The average molecular weight is 326 g/mol. The Hall–Kier alpha value is -3.02. The first-order chi connectivity index (χ1) is 11.4. The van der Waals surface area contributed by atoms with Crippen LogP contribution in [0.4, 0.5) is 0 Å². The van der Waals surface area contributed by atoms with Crippen LogP contribution >= 0.6 is 0 Å². The zero-order valence-corrected chi connectivity index (χ0v) is 13.1. The first-order valence-corrected chi connectivity index (χ1v) is 7.32. The molecule has 6 heteroatoms. The smallest absolute Gasteiger partial charge is 0.316 e. The van der Waals surface area contributed by atoms with Gasteiger partial charge in [-0.1, -0.05) is 24.3 Å². The first-order valence-electron chi connectivity index (χ1n) is 7.32. The van der Waals surface area contributed by atoms with E-state index < -0.39 is 35.0 Å². The topological polar surface area (TPSA) is 97.7 Å². The van der Waals surface area contributed by atoms with E-state index in [1.165, 1.54) is 19.1 Å². The Bertz CT molecular complexity index is 871. The van der Waals surface area contributed by atoms with Crippen molar-refractivity contribution in [1.82, 2.24) is 0 Å². The number of benzene rings is 1. The molecule has 2 aliphatic carbocycles. The minimum atomic E-state index is -1.17. The monoisotopic (exact) mass is 326 g/mol. The predicted octanol–water partition coefficient (Wildman–Crippen LogP) is 1.96. The summed E-state index contributed by atoms with van der Waals surface area (Å²) in [5, 5.41) is 10.4. The Morgan fingerprint density at radius 2 is 1.71 bits per heavy atom. The van der Waals surface area contributed by atoms with Crippen molar-refractivity contribution in [1.29, 1.82) is 0 Å². The van der Waals surface area contributed by atoms with Crippen LogP contribution in [0.25, 0.3) is 0 Å². The molecule has 2 aliphatic rings. The van der Waals surface area contributed by atoms with E-state index in [-0.39, 0.29) is 34.3 Å². The molecule has 122 valence electrons. The van der Waals surface area contributed by atoms with Gasteiger partial charge in [-0.25, -0.2) is 0 Å². The number of ketones is 3. The van der Waals surface area contributed by atoms with Gasteiger partial charge in [0.1, 0.15) is 11.7 Å². The Morgan fingerprint density at radius 3 is 2.25 bits per heavy atom. The molecule has 1 atom stereocenters. The van der Waals surface area contributed by atoms with Crippen LogP contribution in [0.15, 0.2) is 46.7 Å². The quantitative estimate of drug-likeness (QED) is 0.834. The second kappa shape index (κ2) is 5.56. The van der Waals surface area contributed by atoms with Crippen molar-refractivity contribution in [2.24, 2.45) is 5.92 Å². The van der Waals surface area contributed by atoms with E-state index in [2.05, 4.69) is 4.74 Å². The van der Waals surface area contributed by atoms with Gasteiger partial charge in [0, 0.05) is 22.3 Å². The highest BCUT2D eigenvalue weighted by Gasteiger charge is 2.43. The number of hydrogen-bond acceptors (Lipinski definition) is 6. The summed E-state index contributed by atoms with van der Waals surface area (Å²) < 4.78 is 4.64. The fourth-order valence-corrected chi connectivity index (χ4v) is 3.18. The third kappa shape index (κ3) is 2.11. The van der Waals surface area contributed by atoms with Gasteiger partial charge in [-0.3, -0.25) is 19.2 Å². The number of allylic oxidation sites excluding steroid dienone is 3. The van der Waals surface area contributed by atoms with Crippen molar-refractivity contribution in [2.45, 2.75) is 13.3 Å². The molecule has 1 aromatic rings. The summed E-state index contributed by atoms with van der Waals surface area (Å²) in [6.45, 7) is 1.17. The average Bonchev–Trinajstić information content (AvgIpc) is 2.58. The normalized spacial score (nSPS) is 19.8. The molecule has 0 spiro atoms. The van der Waals surface area contributed by atoms with Gasteiger partial charge >= 0.3 is 5.97 Å². The van der Waals surface area contributed by atoms with Crippen LogP contribution in [-0.2, 0) is 14.3 Å². The molecule has 0 aliphatic heterocycles.